The molecule has 0 radical (unpaired) electrons. The van der Waals surface area contributed by atoms with Gasteiger partial charge in [-0.1, -0.05) is 18.2 Å². The van der Waals surface area contributed by atoms with Crippen LogP contribution in [0, 0.1) is 13.8 Å². The van der Waals surface area contributed by atoms with Crippen molar-refractivity contribution >= 4 is 5.91 Å². The lowest BCUT2D eigenvalue weighted by molar-refractivity contribution is -0.140. The summed E-state index contributed by atoms with van der Waals surface area (Å²) in [5.41, 5.74) is 3.46. The highest BCUT2D eigenvalue weighted by Gasteiger charge is 2.26. The second-order valence-electron chi connectivity index (χ2n) is 5.09. The van der Waals surface area contributed by atoms with Crippen molar-refractivity contribution in [1.82, 2.24) is 4.90 Å². The molecule has 0 bridgehead atoms. The Balaban J connectivity index is 2.05. The first kappa shape index (κ1) is 14.0. The number of carbonyl (C=O) groups excluding carboxylic acids is 1. The van der Waals surface area contributed by atoms with E-state index in [1.54, 1.807) is 4.90 Å². The largest absolute Gasteiger partial charge is 0.394 e. The molecule has 4 heteroatoms. The highest BCUT2D eigenvalue weighted by atomic mass is 16.5. The quantitative estimate of drug-likeness (QED) is 0.887. The van der Waals surface area contributed by atoms with Crippen LogP contribution >= 0.6 is 0 Å². The number of morpholine rings is 1. The van der Waals surface area contributed by atoms with Gasteiger partial charge in [0.1, 0.15) is 0 Å². The van der Waals surface area contributed by atoms with Gasteiger partial charge < -0.3 is 14.7 Å². The van der Waals surface area contributed by atoms with Crippen LogP contribution in [0.1, 0.15) is 16.7 Å². The standard InChI is InChI=1S/C15H21NO3/c1-11-3-4-13(7-12(11)2)8-15(18)16-5-6-19-10-14(16)9-17/h3-4,7,14,17H,5-6,8-10H2,1-2H3. The molecule has 19 heavy (non-hydrogen) atoms. The van der Waals surface area contributed by atoms with Crippen molar-refractivity contribution in [1.29, 1.82) is 0 Å². The highest BCUT2D eigenvalue weighted by Crippen LogP contribution is 2.13. The second kappa shape index (κ2) is 6.17. The van der Waals surface area contributed by atoms with Gasteiger partial charge in [0.2, 0.25) is 5.91 Å². The Morgan fingerprint density at radius 2 is 2.21 bits per heavy atom. The zero-order valence-electron chi connectivity index (χ0n) is 11.6. The second-order valence-corrected chi connectivity index (χ2v) is 5.09. The minimum atomic E-state index is -0.201. The van der Waals surface area contributed by atoms with Crippen LogP contribution in [0.3, 0.4) is 0 Å². The molecule has 1 aromatic rings. The topological polar surface area (TPSA) is 49.8 Å². The van der Waals surface area contributed by atoms with Gasteiger partial charge in [0.15, 0.2) is 0 Å². The number of aliphatic hydroxyl groups is 1. The normalized spacial score (nSPS) is 19.5. The number of aliphatic hydroxyl groups excluding tert-OH is 1. The average Bonchev–Trinajstić information content (AvgIpc) is 2.43. The average molecular weight is 263 g/mol. The van der Waals surface area contributed by atoms with Crippen LogP contribution in [0.15, 0.2) is 18.2 Å². The predicted molar refractivity (Wildman–Crippen MR) is 73.0 cm³/mol. The minimum Gasteiger partial charge on any atom is -0.394 e. The summed E-state index contributed by atoms with van der Waals surface area (Å²) in [4.78, 5) is 14.0. The monoisotopic (exact) mass is 263 g/mol. The number of hydrogen-bond acceptors (Lipinski definition) is 3. The number of ether oxygens (including phenoxy) is 1. The van der Waals surface area contributed by atoms with Gasteiger partial charge in [-0.15, -0.1) is 0 Å². The minimum absolute atomic E-state index is 0.0430. The lowest BCUT2D eigenvalue weighted by Crippen LogP contribution is -2.51. The fraction of sp³-hybridized carbons (Fsp3) is 0.533. The summed E-state index contributed by atoms with van der Waals surface area (Å²) < 4.78 is 5.28. The lowest BCUT2D eigenvalue weighted by Gasteiger charge is -2.34. The molecule has 1 atom stereocenters. The number of carbonyl (C=O) groups is 1. The molecular weight excluding hydrogens is 242 g/mol. The number of amides is 1. The Kier molecular flexibility index (Phi) is 4.56. The Morgan fingerprint density at radius 3 is 2.89 bits per heavy atom. The van der Waals surface area contributed by atoms with Crippen LogP contribution in [0.2, 0.25) is 0 Å². The van der Waals surface area contributed by atoms with E-state index >= 15 is 0 Å². The molecule has 1 fully saturated rings. The molecule has 1 saturated heterocycles. The third-order valence-corrected chi connectivity index (χ3v) is 3.69. The zero-order chi connectivity index (χ0) is 13.8. The van der Waals surface area contributed by atoms with E-state index in [-0.39, 0.29) is 18.6 Å². The number of aryl methyl sites for hydroxylation is 2. The molecule has 0 spiro atoms. The predicted octanol–water partition coefficient (Wildman–Crippen LogP) is 1.07. The third kappa shape index (κ3) is 3.33. The fourth-order valence-corrected chi connectivity index (χ4v) is 2.32. The molecule has 2 rings (SSSR count). The van der Waals surface area contributed by atoms with E-state index in [9.17, 15) is 9.90 Å². The number of rotatable bonds is 3. The van der Waals surface area contributed by atoms with Crippen molar-refractivity contribution in [2.24, 2.45) is 0 Å². The van der Waals surface area contributed by atoms with Crippen LogP contribution in [0.25, 0.3) is 0 Å². The van der Waals surface area contributed by atoms with Gasteiger partial charge in [-0.25, -0.2) is 0 Å². The van der Waals surface area contributed by atoms with Crippen LogP contribution in [0.4, 0.5) is 0 Å². The first-order valence-electron chi connectivity index (χ1n) is 6.66. The molecule has 0 saturated carbocycles. The maximum atomic E-state index is 12.3. The molecule has 104 valence electrons. The van der Waals surface area contributed by atoms with Gasteiger partial charge in [-0.3, -0.25) is 4.79 Å². The molecule has 0 aliphatic carbocycles. The molecule has 1 aliphatic rings. The van der Waals surface area contributed by atoms with Gasteiger partial charge >= 0.3 is 0 Å². The Morgan fingerprint density at radius 1 is 1.42 bits per heavy atom. The van der Waals surface area contributed by atoms with Crippen molar-refractivity contribution in [3.05, 3.63) is 34.9 Å². The van der Waals surface area contributed by atoms with E-state index in [0.717, 1.165) is 5.56 Å². The van der Waals surface area contributed by atoms with E-state index in [1.807, 2.05) is 12.1 Å². The van der Waals surface area contributed by atoms with Crippen molar-refractivity contribution < 1.29 is 14.6 Å². The maximum absolute atomic E-state index is 12.3. The van der Waals surface area contributed by atoms with Crippen molar-refractivity contribution in [2.75, 3.05) is 26.4 Å². The summed E-state index contributed by atoms with van der Waals surface area (Å²) in [6.45, 7) is 5.61. The van der Waals surface area contributed by atoms with Crippen LogP contribution in [-0.4, -0.2) is 48.3 Å². The van der Waals surface area contributed by atoms with E-state index in [0.29, 0.717) is 26.2 Å². The Bertz CT molecular complexity index is 459. The van der Waals surface area contributed by atoms with Crippen LogP contribution < -0.4 is 0 Å². The smallest absolute Gasteiger partial charge is 0.227 e. The van der Waals surface area contributed by atoms with Gasteiger partial charge in [-0.2, -0.15) is 0 Å². The Hall–Kier alpha value is -1.39. The SMILES string of the molecule is Cc1ccc(CC(=O)N2CCOCC2CO)cc1C. The van der Waals surface area contributed by atoms with E-state index in [2.05, 4.69) is 19.9 Å². The molecule has 1 N–H and O–H groups in total. The molecular formula is C15H21NO3. The molecule has 4 nitrogen and oxygen atoms in total. The number of hydrogen-bond donors (Lipinski definition) is 1. The zero-order valence-corrected chi connectivity index (χ0v) is 11.6. The maximum Gasteiger partial charge on any atom is 0.227 e. The van der Waals surface area contributed by atoms with Gasteiger partial charge in [0.05, 0.1) is 32.3 Å². The molecule has 1 aromatic carbocycles. The first-order chi connectivity index (χ1) is 9.11. The van der Waals surface area contributed by atoms with Crippen molar-refractivity contribution in [3.8, 4) is 0 Å². The summed E-state index contributed by atoms with van der Waals surface area (Å²) in [5.74, 6) is 0.0607. The number of benzene rings is 1. The summed E-state index contributed by atoms with van der Waals surface area (Å²) in [7, 11) is 0. The molecule has 1 heterocycles. The highest BCUT2D eigenvalue weighted by molar-refractivity contribution is 5.79. The molecule has 1 amide bonds. The summed E-state index contributed by atoms with van der Waals surface area (Å²) in [5, 5.41) is 9.28. The van der Waals surface area contributed by atoms with E-state index < -0.39 is 0 Å². The molecule has 0 aromatic heterocycles. The first-order valence-corrected chi connectivity index (χ1v) is 6.66. The summed E-state index contributed by atoms with van der Waals surface area (Å²) in [6.07, 6.45) is 0.387. The molecule has 1 unspecified atom stereocenters. The van der Waals surface area contributed by atoms with Crippen molar-refractivity contribution in [2.45, 2.75) is 26.3 Å². The summed E-state index contributed by atoms with van der Waals surface area (Å²) in [6, 6.07) is 5.89. The van der Waals surface area contributed by atoms with E-state index in [4.69, 9.17) is 4.74 Å². The lowest BCUT2D eigenvalue weighted by atomic mass is 10.0. The van der Waals surface area contributed by atoms with Gasteiger partial charge in [-0.05, 0) is 30.5 Å². The van der Waals surface area contributed by atoms with Crippen LogP contribution in [-0.2, 0) is 16.0 Å². The molecule has 1 aliphatic heterocycles. The van der Waals surface area contributed by atoms with Gasteiger partial charge in [0, 0.05) is 6.54 Å². The van der Waals surface area contributed by atoms with Gasteiger partial charge in [0.25, 0.3) is 0 Å². The van der Waals surface area contributed by atoms with E-state index in [1.165, 1.54) is 11.1 Å². The van der Waals surface area contributed by atoms with Crippen molar-refractivity contribution in [3.63, 3.8) is 0 Å². The van der Waals surface area contributed by atoms with Crippen LogP contribution in [0.5, 0.6) is 0 Å². The third-order valence-electron chi connectivity index (χ3n) is 3.69. The summed E-state index contributed by atoms with van der Waals surface area (Å²) >= 11 is 0. The fourth-order valence-electron chi connectivity index (χ4n) is 2.32. The Labute approximate surface area is 114 Å². The number of nitrogens with zero attached hydrogens (tertiary/aromatic N) is 1.